The molecule has 4 nitrogen and oxygen atoms in total. The summed E-state index contributed by atoms with van der Waals surface area (Å²) < 4.78 is 0. The molecule has 0 radical (unpaired) electrons. The molecule has 0 spiro atoms. The number of hydrogen-bond acceptors (Lipinski definition) is 3. The molecule has 0 rings (SSSR count). The van der Waals surface area contributed by atoms with Crippen LogP contribution in [-0.4, -0.2) is 35.6 Å². The van der Waals surface area contributed by atoms with E-state index in [0.717, 1.165) is 25.3 Å². The third kappa shape index (κ3) is 7.51. The Bertz CT molecular complexity index is 204. The van der Waals surface area contributed by atoms with E-state index < -0.39 is 0 Å². The van der Waals surface area contributed by atoms with Crippen molar-refractivity contribution in [3.63, 3.8) is 0 Å². The van der Waals surface area contributed by atoms with Gasteiger partial charge in [0.2, 0.25) is 0 Å². The Hall–Kier alpha value is -0.770. The second-order valence-corrected chi connectivity index (χ2v) is 5.01. The normalized spacial score (nSPS) is 14.8. The van der Waals surface area contributed by atoms with Gasteiger partial charge >= 0.3 is 0 Å². The fraction of sp³-hybridized carbons (Fsp3) is 0.917. The topological polar surface area (TPSA) is 61.8 Å². The van der Waals surface area contributed by atoms with Crippen LogP contribution in [0.25, 0.3) is 0 Å². The van der Waals surface area contributed by atoms with Crippen molar-refractivity contribution in [2.75, 3.05) is 13.6 Å². The smallest absolute Gasteiger partial charge is 0.139 e. The molecule has 0 saturated heterocycles. The van der Waals surface area contributed by atoms with Crippen molar-refractivity contribution in [3.8, 4) is 0 Å². The number of rotatable bonds is 8. The minimum atomic E-state index is 0.331. The molecule has 0 aliphatic rings. The number of amidine groups is 1. The Labute approximate surface area is 99.5 Å². The van der Waals surface area contributed by atoms with Crippen molar-refractivity contribution >= 4 is 5.84 Å². The van der Waals surface area contributed by atoms with Crippen LogP contribution >= 0.6 is 0 Å². The minimum Gasteiger partial charge on any atom is -0.409 e. The molecule has 1 atom stereocenters. The largest absolute Gasteiger partial charge is 0.409 e. The summed E-state index contributed by atoms with van der Waals surface area (Å²) >= 11 is 0. The third-order valence-corrected chi connectivity index (χ3v) is 2.89. The Morgan fingerprint density at radius 1 is 1.31 bits per heavy atom. The van der Waals surface area contributed by atoms with Crippen LogP contribution in [0.2, 0.25) is 0 Å². The first-order valence-corrected chi connectivity index (χ1v) is 6.14. The van der Waals surface area contributed by atoms with E-state index >= 15 is 0 Å². The van der Waals surface area contributed by atoms with Crippen LogP contribution in [0.1, 0.15) is 46.5 Å². The molecule has 0 fully saturated rings. The van der Waals surface area contributed by atoms with Crippen LogP contribution in [0, 0.1) is 5.92 Å². The number of oxime groups is 1. The van der Waals surface area contributed by atoms with Gasteiger partial charge in [0, 0.05) is 12.5 Å². The molecular formula is C12H27N3O. The molecule has 0 amide bonds. The zero-order valence-corrected chi connectivity index (χ0v) is 11.1. The lowest BCUT2D eigenvalue weighted by Crippen LogP contribution is -2.31. The van der Waals surface area contributed by atoms with Crippen molar-refractivity contribution in [3.05, 3.63) is 0 Å². The summed E-state index contributed by atoms with van der Waals surface area (Å²) in [6.45, 7) is 7.85. The van der Waals surface area contributed by atoms with Gasteiger partial charge < -0.3 is 15.8 Å². The Morgan fingerprint density at radius 3 is 2.44 bits per heavy atom. The third-order valence-electron chi connectivity index (χ3n) is 2.89. The van der Waals surface area contributed by atoms with Gasteiger partial charge in [0.25, 0.3) is 0 Å². The predicted octanol–water partition coefficient (Wildman–Crippen LogP) is 2.27. The minimum absolute atomic E-state index is 0.331. The second kappa shape index (κ2) is 8.39. The number of nitrogens with two attached hydrogens (primary N) is 1. The zero-order chi connectivity index (χ0) is 12.6. The Morgan fingerprint density at radius 2 is 1.94 bits per heavy atom. The van der Waals surface area contributed by atoms with E-state index in [9.17, 15) is 0 Å². The summed E-state index contributed by atoms with van der Waals surface area (Å²) in [5.41, 5.74) is 5.40. The van der Waals surface area contributed by atoms with E-state index in [-0.39, 0.29) is 0 Å². The van der Waals surface area contributed by atoms with Gasteiger partial charge in [-0.15, -0.1) is 0 Å². The molecule has 0 bridgehead atoms. The SMILES string of the molecule is CC(C)CC(C)N(C)CCCCC(N)=NO. The Balaban J connectivity index is 3.60. The zero-order valence-electron chi connectivity index (χ0n) is 11.1. The summed E-state index contributed by atoms with van der Waals surface area (Å²) in [4.78, 5) is 2.38. The van der Waals surface area contributed by atoms with Crippen molar-refractivity contribution in [1.82, 2.24) is 4.90 Å². The van der Waals surface area contributed by atoms with Gasteiger partial charge in [-0.1, -0.05) is 19.0 Å². The highest BCUT2D eigenvalue weighted by Gasteiger charge is 2.10. The molecule has 4 heteroatoms. The number of unbranched alkanes of at least 4 members (excludes halogenated alkanes) is 1. The van der Waals surface area contributed by atoms with Gasteiger partial charge in [-0.25, -0.2) is 0 Å². The second-order valence-electron chi connectivity index (χ2n) is 5.01. The first kappa shape index (κ1) is 15.2. The van der Waals surface area contributed by atoms with E-state index in [1.54, 1.807) is 0 Å². The molecule has 0 aliphatic carbocycles. The van der Waals surface area contributed by atoms with Crippen LogP contribution in [0.4, 0.5) is 0 Å². The molecule has 16 heavy (non-hydrogen) atoms. The van der Waals surface area contributed by atoms with Gasteiger partial charge in [-0.05, 0) is 45.7 Å². The average molecular weight is 229 g/mol. The van der Waals surface area contributed by atoms with E-state index in [2.05, 4.69) is 37.9 Å². The molecule has 1 unspecified atom stereocenters. The molecule has 96 valence electrons. The Kier molecular flexibility index (Phi) is 7.99. The summed E-state index contributed by atoms with van der Waals surface area (Å²) in [6.07, 6.45) is 3.99. The maximum atomic E-state index is 8.38. The lowest BCUT2D eigenvalue weighted by Gasteiger charge is -2.26. The summed E-state index contributed by atoms with van der Waals surface area (Å²) in [5, 5.41) is 11.3. The van der Waals surface area contributed by atoms with Crippen LogP contribution in [0.15, 0.2) is 5.16 Å². The van der Waals surface area contributed by atoms with Crippen LogP contribution in [-0.2, 0) is 0 Å². The fourth-order valence-corrected chi connectivity index (χ4v) is 1.80. The molecule has 3 N–H and O–H groups in total. The van der Waals surface area contributed by atoms with E-state index in [1.165, 1.54) is 6.42 Å². The van der Waals surface area contributed by atoms with Crippen molar-refractivity contribution in [2.45, 2.75) is 52.5 Å². The molecule has 0 saturated carbocycles. The first-order valence-electron chi connectivity index (χ1n) is 6.14. The average Bonchev–Trinajstić information content (AvgIpc) is 2.22. The van der Waals surface area contributed by atoms with Gasteiger partial charge in [0.05, 0.1) is 0 Å². The van der Waals surface area contributed by atoms with Gasteiger partial charge in [-0.3, -0.25) is 0 Å². The molecule has 0 aliphatic heterocycles. The highest BCUT2D eigenvalue weighted by atomic mass is 16.4. The lowest BCUT2D eigenvalue weighted by atomic mass is 10.0. The van der Waals surface area contributed by atoms with E-state index in [0.29, 0.717) is 18.3 Å². The van der Waals surface area contributed by atoms with Crippen molar-refractivity contribution in [2.24, 2.45) is 16.8 Å². The maximum Gasteiger partial charge on any atom is 0.139 e. The van der Waals surface area contributed by atoms with Gasteiger partial charge in [-0.2, -0.15) is 0 Å². The standard InChI is InChI=1S/C12H27N3O/c1-10(2)9-11(3)15(4)8-6-5-7-12(13)14-16/h10-11,16H,5-9H2,1-4H3,(H2,13,14). The predicted molar refractivity (Wildman–Crippen MR) is 68.8 cm³/mol. The monoisotopic (exact) mass is 229 g/mol. The highest BCUT2D eigenvalue weighted by molar-refractivity contribution is 5.79. The molecule has 0 aromatic heterocycles. The highest BCUT2D eigenvalue weighted by Crippen LogP contribution is 2.10. The van der Waals surface area contributed by atoms with Crippen molar-refractivity contribution < 1.29 is 5.21 Å². The van der Waals surface area contributed by atoms with E-state index in [1.807, 2.05) is 0 Å². The van der Waals surface area contributed by atoms with E-state index in [4.69, 9.17) is 10.9 Å². The summed E-state index contributed by atoms with van der Waals surface area (Å²) in [6, 6.07) is 0.629. The first-order chi connectivity index (χ1) is 7.47. The molecule has 0 heterocycles. The molecule has 0 aromatic carbocycles. The van der Waals surface area contributed by atoms with Gasteiger partial charge in [0.1, 0.15) is 5.84 Å². The summed E-state index contributed by atoms with van der Waals surface area (Å²) in [5.74, 6) is 1.08. The summed E-state index contributed by atoms with van der Waals surface area (Å²) in [7, 11) is 2.16. The number of nitrogens with zero attached hydrogens (tertiary/aromatic N) is 2. The number of hydrogen-bond donors (Lipinski definition) is 2. The van der Waals surface area contributed by atoms with Crippen LogP contribution < -0.4 is 5.73 Å². The molecule has 0 aromatic rings. The van der Waals surface area contributed by atoms with Crippen molar-refractivity contribution in [1.29, 1.82) is 0 Å². The van der Waals surface area contributed by atoms with Crippen LogP contribution in [0.3, 0.4) is 0 Å². The van der Waals surface area contributed by atoms with Crippen LogP contribution in [0.5, 0.6) is 0 Å². The van der Waals surface area contributed by atoms with Gasteiger partial charge in [0.15, 0.2) is 0 Å². The maximum absolute atomic E-state index is 8.38. The quantitative estimate of drug-likeness (QED) is 0.221. The molecular weight excluding hydrogens is 202 g/mol. The fourth-order valence-electron chi connectivity index (χ4n) is 1.80. The lowest BCUT2D eigenvalue weighted by molar-refractivity contribution is 0.224.